The maximum Gasteiger partial charge on any atom is 0.262 e. The van der Waals surface area contributed by atoms with Crippen LogP contribution in [0.2, 0.25) is 0 Å². The minimum atomic E-state index is -0.218. The average molecular weight is 369 g/mol. The molecule has 0 bridgehead atoms. The Labute approximate surface area is 155 Å². The van der Waals surface area contributed by atoms with E-state index in [9.17, 15) is 14.7 Å². The highest BCUT2D eigenvalue weighted by molar-refractivity contribution is 7.71. The standard InChI is InChI=1S/C19H19N3O3S/c1-2-22-18(25)15-8-5-13(11-16(15)21-19(22)26)17(24)20-10-9-12-3-6-14(23)7-4-12/h3-8,11,23H,2,9-10H2,1H3,(H,20,24)(H,21,26). The van der Waals surface area contributed by atoms with Crippen molar-refractivity contribution in [1.82, 2.24) is 14.9 Å². The molecule has 7 heteroatoms. The molecular formula is C19H19N3O3S. The largest absolute Gasteiger partial charge is 0.508 e. The third kappa shape index (κ3) is 3.67. The van der Waals surface area contributed by atoms with Crippen molar-refractivity contribution in [1.29, 1.82) is 0 Å². The molecule has 6 nitrogen and oxygen atoms in total. The van der Waals surface area contributed by atoms with E-state index in [-0.39, 0.29) is 17.2 Å². The molecule has 0 saturated heterocycles. The number of H-pyrrole nitrogens is 1. The van der Waals surface area contributed by atoms with Crippen molar-refractivity contribution in [3.8, 4) is 5.75 Å². The highest BCUT2D eigenvalue weighted by Crippen LogP contribution is 2.12. The number of nitrogens with zero attached hydrogens (tertiary/aromatic N) is 1. The molecule has 0 saturated carbocycles. The van der Waals surface area contributed by atoms with E-state index in [1.54, 1.807) is 30.3 Å². The van der Waals surface area contributed by atoms with Crippen molar-refractivity contribution in [3.05, 3.63) is 68.7 Å². The summed E-state index contributed by atoms with van der Waals surface area (Å²) in [4.78, 5) is 27.7. The molecule has 0 aliphatic rings. The van der Waals surface area contributed by atoms with Gasteiger partial charge >= 0.3 is 0 Å². The Kier molecular flexibility index (Phi) is 5.18. The van der Waals surface area contributed by atoms with Crippen molar-refractivity contribution in [2.75, 3.05) is 6.54 Å². The number of fused-ring (bicyclic) bond motifs is 1. The summed E-state index contributed by atoms with van der Waals surface area (Å²) in [5, 5.41) is 12.6. The first kappa shape index (κ1) is 17.9. The van der Waals surface area contributed by atoms with Crippen LogP contribution in [0.1, 0.15) is 22.8 Å². The quantitative estimate of drug-likeness (QED) is 0.604. The predicted molar refractivity (Wildman–Crippen MR) is 103 cm³/mol. The van der Waals surface area contributed by atoms with Gasteiger partial charge in [0.2, 0.25) is 0 Å². The maximum absolute atomic E-state index is 12.4. The van der Waals surface area contributed by atoms with Gasteiger partial charge in [-0.25, -0.2) is 0 Å². The first-order chi connectivity index (χ1) is 12.5. The number of nitrogens with one attached hydrogen (secondary N) is 2. The van der Waals surface area contributed by atoms with Gasteiger partial charge < -0.3 is 15.4 Å². The first-order valence-corrected chi connectivity index (χ1v) is 8.73. The van der Waals surface area contributed by atoms with Gasteiger partial charge in [-0.3, -0.25) is 14.2 Å². The van der Waals surface area contributed by atoms with E-state index in [0.29, 0.717) is 40.7 Å². The number of benzene rings is 2. The molecule has 0 unspecified atom stereocenters. The lowest BCUT2D eigenvalue weighted by molar-refractivity contribution is 0.0954. The fourth-order valence-electron chi connectivity index (χ4n) is 2.77. The molecule has 3 aromatic rings. The van der Waals surface area contributed by atoms with E-state index in [2.05, 4.69) is 10.3 Å². The zero-order chi connectivity index (χ0) is 18.7. The number of phenolic OH excluding ortho intramolecular Hbond substituents is 1. The van der Waals surface area contributed by atoms with Crippen LogP contribution in [0.3, 0.4) is 0 Å². The molecule has 0 spiro atoms. The lowest BCUT2D eigenvalue weighted by Gasteiger charge is -2.08. The maximum atomic E-state index is 12.4. The van der Waals surface area contributed by atoms with Crippen molar-refractivity contribution in [2.24, 2.45) is 0 Å². The van der Waals surface area contributed by atoms with Gasteiger partial charge in [-0.05, 0) is 61.5 Å². The highest BCUT2D eigenvalue weighted by Gasteiger charge is 2.09. The number of aromatic hydroxyl groups is 1. The third-order valence-corrected chi connectivity index (χ3v) is 4.52. The number of aromatic nitrogens is 2. The lowest BCUT2D eigenvalue weighted by atomic mass is 10.1. The summed E-state index contributed by atoms with van der Waals surface area (Å²) in [5.74, 6) is -0.00175. The van der Waals surface area contributed by atoms with Crippen LogP contribution in [0.15, 0.2) is 47.3 Å². The number of amides is 1. The number of rotatable bonds is 5. The van der Waals surface area contributed by atoms with Crippen LogP contribution in [0.5, 0.6) is 5.75 Å². The molecule has 0 atom stereocenters. The van der Waals surface area contributed by atoms with Crippen LogP contribution in [-0.4, -0.2) is 27.1 Å². The molecule has 1 amide bonds. The molecule has 0 aliphatic heterocycles. The molecule has 2 aromatic carbocycles. The number of carbonyl (C=O) groups is 1. The van der Waals surface area contributed by atoms with Gasteiger partial charge in [-0.15, -0.1) is 0 Å². The van der Waals surface area contributed by atoms with Crippen LogP contribution in [-0.2, 0) is 13.0 Å². The lowest BCUT2D eigenvalue weighted by Crippen LogP contribution is -2.26. The fraction of sp³-hybridized carbons (Fsp3) is 0.211. The number of hydrogen-bond donors (Lipinski definition) is 3. The zero-order valence-corrected chi connectivity index (χ0v) is 15.1. The third-order valence-electron chi connectivity index (χ3n) is 4.20. The number of phenols is 1. The van der Waals surface area contributed by atoms with E-state index < -0.39 is 0 Å². The summed E-state index contributed by atoms with van der Waals surface area (Å²) in [6, 6.07) is 11.8. The monoisotopic (exact) mass is 369 g/mol. The van der Waals surface area contributed by atoms with E-state index in [1.807, 2.05) is 19.1 Å². The molecule has 0 radical (unpaired) electrons. The second kappa shape index (κ2) is 7.53. The molecule has 26 heavy (non-hydrogen) atoms. The van der Waals surface area contributed by atoms with Crippen molar-refractivity contribution < 1.29 is 9.90 Å². The van der Waals surface area contributed by atoms with Gasteiger partial charge in [0, 0.05) is 18.7 Å². The minimum Gasteiger partial charge on any atom is -0.508 e. The second-order valence-electron chi connectivity index (χ2n) is 5.91. The van der Waals surface area contributed by atoms with Crippen LogP contribution in [0.25, 0.3) is 10.9 Å². The van der Waals surface area contributed by atoms with Gasteiger partial charge in [-0.1, -0.05) is 12.1 Å². The molecule has 0 fully saturated rings. The Hall–Kier alpha value is -2.93. The summed E-state index contributed by atoms with van der Waals surface area (Å²) in [6.07, 6.45) is 0.656. The van der Waals surface area contributed by atoms with E-state index in [1.165, 1.54) is 4.57 Å². The Morgan fingerprint density at radius 1 is 1.23 bits per heavy atom. The topological polar surface area (TPSA) is 87.1 Å². The Morgan fingerprint density at radius 3 is 2.65 bits per heavy atom. The second-order valence-corrected chi connectivity index (χ2v) is 6.30. The van der Waals surface area contributed by atoms with Crippen molar-refractivity contribution in [3.63, 3.8) is 0 Å². The van der Waals surface area contributed by atoms with Crippen LogP contribution < -0.4 is 10.9 Å². The molecule has 0 aliphatic carbocycles. The van der Waals surface area contributed by atoms with Crippen LogP contribution >= 0.6 is 12.2 Å². The van der Waals surface area contributed by atoms with Gasteiger partial charge in [0.1, 0.15) is 5.75 Å². The summed E-state index contributed by atoms with van der Waals surface area (Å²) < 4.78 is 1.82. The Bertz CT molecular complexity index is 1070. The van der Waals surface area contributed by atoms with Gasteiger partial charge in [0.25, 0.3) is 11.5 Å². The SMILES string of the molecule is CCn1c(=S)[nH]c2cc(C(=O)NCCc3ccc(O)cc3)ccc2c1=O. The van der Waals surface area contributed by atoms with Crippen molar-refractivity contribution in [2.45, 2.75) is 19.9 Å². The number of carbonyl (C=O) groups excluding carboxylic acids is 1. The van der Waals surface area contributed by atoms with E-state index in [0.717, 1.165) is 5.56 Å². The molecular weight excluding hydrogens is 350 g/mol. The normalized spacial score (nSPS) is 10.8. The summed E-state index contributed by atoms with van der Waals surface area (Å²) in [5.41, 5.74) is 1.87. The molecule has 3 N–H and O–H groups in total. The summed E-state index contributed by atoms with van der Waals surface area (Å²) in [7, 11) is 0. The minimum absolute atomic E-state index is 0.162. The van der Waals surface area contributed by atoms with Crippen LogP contribution in [0, 0.1) is 4.77 Å². The van der Waals surface area contributed by atoms with Gasteiger partial charge in [0.05, 0.1) is 10.9 Å². The molecule has 134 valence electrons. The summed E-state index contributed by atoms with van der Waals surface area (Å²) >= 11 is 5.20. The Balaban J connectivity index is 1.75. The van der Waals surface area contributed by atoms with E-state index >= 15 is 0 Å². The van der Waals surface area contributed by atoms with Crippen molar-refractivity contribution >= 4 is 29.0 Å². The van der Waals surface area contributed by atoms with Gasteiger partial charge in [0.15, 0.2) is 4.77 Å². The number of hydrogen-bond acceptors (Lipinski definition) is 4. The summed E-state index contributed by atoms with van der Waals surface area (Å²) in [6.45, 7) is 2.81. The number of aromatic amines is 1. The van der Waals surface area contributed by atoms with Crippen LogP contribution in [0.4, 0.5) is 0 Å². The fourth-order valence-corrected chi connectivity index (χ4v) is 3.09. The molecule has 3 rings (SSSR count). The molecule has 1 aromatic heterocycles. The van der Waals surface area contributed by atoms with Gasteiger partial charge in [-0.2, -0.15) is 0 Å². The zero-order valence-electron chi connectivity index (χ0n) is 14.3. The Morgan fingerprint density at radius 2 is 1.96 bits per heavy atom. The average Bonchev–Trinajstić information content (AvgIpc) is 2.63. The molecule has 1 heterocycles. The highest BCUT2D eigenvalue weighted by atomic mass is 32.1. The smallest absolute Gasteiger partial charge is 0.262 e. The first-order valence-electron chi connectivity index (χ1n) is 8.32. The van der Waals surface area contributed by atoms with E-state index in [4.69, 9.17) is 12.2 Å². The predicted octanol–water partition coefficient (Wildman–Crippen LogP) is 2.76.